The summed E-state index contributed by atoms with van der Waals surface area (Å²) in [5.74, 6) is -0.0727. The van der Waals surface area contributed by atoms with Crippen molar-refractivity contribution < 1.29 is 9.59 Å². The Morgan fingerprint density at radius 2 is 1.58 bits per heavy atom. The first-order valence-electron chi connectivity index (χ1n) is 12.7. The summed E-state index contributed by atoms with van der Waals surface area (Å²) in [5, 5.41) is 2.97. The molecule has 7 heteroatoms. The number of hydrogen-bond acceptors (Lipinski definition) is 4. The second-order valence-corrected chi connectivity index (χ2v) is 9.90. The van der Waals surface area contributed by atoms with Gasteiger partial charge in [-0.1, -0.05) is 54.1 Å². The van der Waals surface area contributed by atoms with Gasteiger partial charge >= 0.3 is 0 Å². The fourth-order valence-corrected chi connectivity index (χ4v) is 4.08. The lowest BCUT2D eigenvalue weighted by Gasteiger charge is -2.24. The number of carbonyl (C=O) groups is 2. The van der Waals surface area contributed by atoms with Gasteiger partial charge in [-0.3, -0.25) is 19.5 Å². The lowest BCUT2D eigenvalue weighted by molar-refractivity contribution is -0.117. The summed E-state index contributed by atoms with van der Waals surface area (Å²) < 4.78 is 1.89. The summed E-state index contributed by atoms with van der Waals surface area (Å²) in [7, 11) is 3.89. The Morgan fingerprint density at radius 3 is 2.24 bits per heavy atom. The molecule has 38 heavy (non-hydrogen) atoms. The summed E-state index contributed by atoms with van der Waals surface area (Å²) in [4.78, 5) is 35.0. The number of anilines is 1. The summed E-state index contributed by atoms with van der Waals surface area (Å²) in [6.07, 6.45) is 1.93. The van der Waals surface area contributed by atoms with Crippen LogP contribution in [-0.2, 0) is 4.79 Å². The number of nitrogens with zero attached hydrogens (tertiary/aromatic N) is 4. The van der Waals surface area contributed by atoms with Gasteiger partial charge < -0.3 is 9.80 Å². The smallest absolute Gasteiger partial charge is 0.254 e. The Hall–Kier alpha value is -4.23. The highest BCUT2D eigenvalue weighted by Crippen LogP contribution is 2.25. The largest absolute Gasteiger partial charge is 0.328 e. The van der Waals surface area contributed by atoms with Gasteiger partial charge in [-0.15, -0.1) is 0 Å². The maximum Gasteiger partial charge on any atom is 0.254 e. The molecule has 0 aliphatic heterocycles. The number of imidazole rings is 1. The number of carbonyl (C=O) groups excluding carboxylic acids is 2. The van der Waals surface area contributed by atoms with E-state index < -0.39 is 0 Å². The molecule has 0 saturated carbocycles. The number of hydrogen-bond donors (Lipinski definition) is 1. The van der Waals surface area contributed by atoms with Crippen molar-refractivity contribution in [2.24, 2.45) is 0 Å². The second-order valence-electron chi connectivity index (χ2n) is 9.90. The first-order valence-corrected chi connectivity index (χ1v) is 12.7. The molecule has 0 fully saturated rings. The molecular formula is C31H35N5O2. The highest BCUT2D eigenvalue weighted by molar-refractivity contribution is 5.99. The molecule has 1 N–H and O–H groups in total. The number of likely N-dealkylation sites (N-methyl/N-ethyl adjacent to an activating group) is 1. The quantitative estimate of drug-likeness (QED) is 0.341. The SMILES string of the molecule is Cc1ccc(C(=O)N(CCN(C)C)CC(=O)Nc2nc(-c3ccccc3)cn2-c2ccc(C)c(C)c2)cc1. The predicted molar refractivity (Wildman–Crippen MR) is 153 cm³/mol. The highest BCUT2D eigenvalue weighted by atomic mass is 16.2. The summed E-state index contributed by atoms with van der Waals surface area (Å²) >= 11 is 0. The normalized spacial score (nSPS) is 11.0. The molecule has 0 atom stereocenters. The van der Waals surface area contributed by atoms with Crippen LogP contribution in [0.1, 0.15) is 27.0 Å². The van der Waals surface area contributed by atoms with E-state index in [4.69, 9.17) is 4.98 Å². The van der Waals surface area contributed by atoms with E-state index in [1.165, 1.54) is 5.56 Å². The second kappa shape index (κ2) is 11.9. The van der Waals surface area contributed by atoms with E-state index >= 15 is 0 Å². The zero-order chi connectivity index (χ0) is 27.2. The summed E-state index contributed by atoms with van der Waals surface area (Å²) in [5.41, 5.74) is 6.57. The lowest BCUT2D eigenvalue weighted by Crippen LogP contribution is -2.41. The molecule has 0 aliphatic carbocycles. The average molecular weight is 510 g/mol. The fraction of sp³-hybridized carbons (Fsp3) is 0.258. The number of benzene rings is 3. The predicted octanol–water partition coefficient (Wildman–Crippen LogP) is 5.11. The van der Waals surface area contributed by atoms with Crippen LogP contribution in [0.5, 0.6) is 0 Å². The van der Waals surface area contributed by atoms with Gasteiger partial charge in [0.1, 0.15) is 6.54 Å². The third-order valence-corrected chi connectivity index (χ3v) is 6.53. The van der Waals surface area contributed by atoms with Crippen molar-refractivity contribution in [2.45, 2.75) is 20.8 Å². The standard InChI is InChI=1S/C31H35N5O2/c1-22-11-14-26(15-12-22)30(38)35(18-17-34(4)5)21-29(37)33-31-32-28(25-9-7-6-8-10-25)20-36(31)27-16-13-23(2)24(3)19-27/h6-16,19-20H,17-18,21H2,1-5H3,(H,32,33,37). The summed E-state index contributed by atoms with van der Waals surface area (Å²) in [6.45, 7) is 7.09. The van der Waals surface area contributed by atoms with E-state index in [9.17, 15) is 9.59 Å². The molecule has 4 rings (SSSR count). The van der Waals surface area contributed by atoms with E-state index in [-0.39, 0.29) is 18.4 Å². The molecule has 4 aromatic rings. The maximum absolute atomic E-state index is 13.3. The van der Waals surface area contributed by atoms with Gasteiger partial charge in [-0.25, -0.2) is 4.98 Å². The van der Waals surface area contributed by atoms with Crippen LogP contribution >= 0.6 is 0 Å². The van der Waals surface area contributed by atoms with Crippen molar-refractivity contribution in [3.8, 4) is 16.9 Å². The monoisotopic (exact) mass is 509 g/mol. The van der Waals surface area contributed by atoms with Crippen LogP contribution in [0.4, 0.5) is 5.95 Å². The van der Waals surface area contributed by atoms with Crippen molar-refractivity contribution in [2.75, 3.05) is 39.0 Å². The van der Waals surface area contributed by atoms with Gasteiger partial charge in [0, 0.05) is 36.1 Å². The van der Waals surface area contributed by atoms with E-state index in [1.54, 1.807) is 17.0 Å². The van der Waals surface area contributed by atoms with Crippen molar-refractivity contribution in [1.82, 2.24) is 19.4 Å². The molecule has 196 valence electrons. The van der Waals surface area contributed by atoms with Crippen LogP contribution in [0.2, 0.25) is 0 Å². The third kappa shape index (κ3) is 6.55. The van der Waals surface area contributed by atoms with Crippen molar-refractivity contribution >= 4 is 17.8 Å². The van der Waals surface area contributed by atoms with E-state index in [2.05, 4.69) is 31.3 Å². The van der Waals surface area contributed by atoms with Gasteiger partial charge in [0.2, 0.25) is 11.9 Å². The van der Waals surface area contributed by atoms with Crippen molar-refractivity contribution in [3.05, 3.63) is 101 Å². The van der Waals surface area contributed by atoms with Crippen LogP contribution in [0.15, 0.2) is 79.0 Å². The molecule has 7 nitrogen and oxygen atoms in total. The van der Waals surface area contributed by atoms with Gasteiger partial charge in [-0.2, -0.15) is 0 Å². The molecule has 0 bridgehead atoms. The first-order chi connectivity index (χ1) is 18.2. The molecule has 1 heterocycles. The Labute approximate surface area is 224 Å². The number of rotatable bonds is 9. The highest BCUT2D eigenvalue weighted by Gasteiger charge is 2.21. The number of nitrogens with one attached hydrogen (secondary N) is 1. The average Bonchev–Trinajstić information content (AvgIpc) is 3.32. The van der Waals surface area contributed by atoms with Crippen molar-refractivity contribution in [3.63, 3.8) is 0 Å². The van der Waals surface area contributed by atoms with E-state index in [0.717, 1.165) is 28.1 Å². The Bertz CT molecular complexity index is 1410. The minimum absolute atomic E-state index is 0.0823. The molecule has 0 aliphatic rings. The lowest BCUT2D eigenvalue weighted by atomic mass is 10.1. The number of amides is 2. The molecule has 0 radical (unpaired) electrons. The van der Waals surface area contributed by atoms with Gasteiger partial charge in [-0.05, 0) is 70.3 Å². The van der Waals surface area contributed by atoms with Gasteiger partial charge in [0.25, 0.3) is 5.91 Å². The zero-order valence-electron chi connectivity index (χ0n) is 22.7. The molecule has 0 spiro atoms. The zero-order valence-corrected chi connectivity index (χ0v) is 22.7. The number of aryl methyl sites for hydroxylation is 3. The Morgan fingerprint density at radius 1 is 0.868 bits per heavy atom. The van der Waals surface area contributed by atoms with E-state index in [1.807, 2.05) is 85.2 Å². The Kier molecular flexibility index (Phi) is 8.38. The van der Waals surface area contributed by atoms with Crippen LogP contribution in [0.25, 0.3) is 16.9 Å². The van der Waals surface area contributed by atoms with Crippen LogP contribution in [0.3, 0.4) is 0 Å². The maximum atomic E-state index is 13.3. The number of aromatic nitrogens is 2. The van der Waals surface area contributed by atoms with Crippen LogP contribution in [0, 0.1) is 20.8 Å². The minimum atomic E-state index is -0.306. The topological polar surface area (TPSA) is 70.5 Å². The minimum Gasteiger partial charge on any atom is -0.328 e. The van der Waals surface area contributed by atoms with Crippen LogP contribution < -0.4 is 5.32 Å². The molecule has 3 aromatic carbocycles. The molecular weight excluding hydrogens is 474 g/mol. The van der Waals surface area contributed by atoms with Gasteiger partial charge in [0.05, 0.1) is 5.69 Å². The molecule has 2 amide bonds. The molecule has 1 aromatic heterocycles. The van der Waals surface area contributed by atoms with Crippen molar-refractivity contribution in [1.29, 1.82) is 0 Å². The molecule has 0 unspecified atom stereocenters. The Balaban J connectivity index is 1.62. The molecule has 0 saturated heterocycles. The third-order valence-electron chi connectivity index (χ3n) is 6.53. The van der Waals surface area contributed by atoms with Crippen LogP contribution in [-0.4, -0.2) is 64.9 Å². The van der Waals surface area contributed by atoms with Gasteiger partial charge in [0.15, 0.2) is 0 Å². The summed E-state index contributed by atoms with van der Waals surface area (Å²) in [6, 6.07) is 23.4. The fourth-order valence-electron chi connectivity index (χ4n) is 4.08. The van der Waals surface area contributed by atoms with E-state index in [0.29, 0.717) is 24.6 Å². The first kappa shape index (κ1) is 26.8.